The molecule has 3 N–H and O–H groups in total. The second-order valence-electron chi connectivity index (χ2n) is 14.0. The molecule has 3 fully saturated rings. The lowest BCUT2D eigenvalue weighted by Crippen LogP contribution is -2.46. The Hall–Kier alpha value is -2.54. The first-order chi connectivity index (χ1) is 19.6. The molecule has 5 nitrogen and oxygen atoms in total. The summed E-state index contributed by atoms with van der Waals surface area (Å²) in [5, 5.41) is 9.59. The molecule has 3 aliphatic rings. The lowest BCUT2D eigenvalue weighted by Gasteiger charge is -2.43. The van der Waals surface area contributed by atoms with Crippen molar-refractivity contribution in [1.82, 2.24) is 4.90 Å². The highest BCUT2D eigenvalue weighted by Crippen LogP contribution is 2.53. The minimum atomic E-state index is -0.447. The van der Waals surface area contributed by atoms with E-state index in [2.05, 4.69) is 93.3 Å². The molecular weight excluding hydrogens is 508 g/mol. The van der Waals surface area contributed by atoms with Crippen molar-refractivity contribution in [2.24, 2.45) is 22.5 Å². The highest BCUT2D eigenvalue weighted by atomic mass is 16.7. The van der Waals surface area contributed by atoms with E-state index >= 15 is 0 Å². The van der Waals surface area contributed by atoms with Gasteiger partial charge in [-0.3, -0.25) is 4.90 Å². The van der Waals surface area contributed by atoms with Crippen molar-refractivity contribution in [1.29, 1.82) is 0 Å². The summed E-state index contributed by atoms with van der Waals surface area (Å²) in [4.78, 5) is 2.72. The van der Waals surface area contributed by atoms with Crippen molar-refractivity contribution in [3.63, 3.8) is 0 Å². The Bertz CT molecular complexity index is 1340. The molecule has 2 heterocycles. The molecule has 2 saturated heterocycles. The normalized spacial score (nSPS) is 31.3. The number of benzene rings is 3. The summed E-state index contributed by atoms with van der Waals surface area (Å²) in [6, 6.07) is 25.8. The maximum absolute atomic E-state index is 9.59. The number of aliphatic hydroxyl groups is 1. The predicted molar refractivity (Wildman–Crippen MR) is 164 cm³/mol. The molecule has 1 saturated carbocycles. The van der Waals surface area contributed by atoms with Crippen LogP contribution in [0.25, 0.3) is 11.1 Å². The second kappa shape index (κ2) is 11.3. The lowest BCUT2D eigenvalue weighted by atomic mass is 9.65. The molecule has 41 heavy (non-hydrogen) atoms. The van der Waals surface area contributed by atoms with Crippen molar-refractivity contribution >= 4 is 0 Å². The van der Waals surface area contributed by atoms with Crippen LogP contribution in [-0.2, 0) is 22.6 Å². The van der Waals surface area contributed by atoms with E-state index in [1.54, 1.807) is 0 Å². The molecule has 6 rings (SSSR count). The van der Waals surface area contributed by atoms with Crippen LogP contribution in [0.2, 0.25) is 0 Å². The van der Waals surface area contributed by atoms with Gasteiger partial charge in [0, 0.05) is 37.2 Å². The number of nitrogens with zero attached hydrogens (tertiary/aromatic N) is 1. The third-order valence-corrected chi connectivity index (χ3v) is 9.74. The molecule has 1 aliphatic carbocycles. The van der Waals surface area contributed by atoms with Crippen LogP contribution in [0.3, 0.4) is 0 Å². The Kier molecular flexibility index (Phi) is 7.86. The number of nitrogens with two attached hydrogens (primary N) is 1. The molecule has 6 atom stereocenters. The number of hydrogen-bond acceptors (Lipinski definition) is 5. The first-order valence-corrected chi connectivity index (χ1v) is 15.3. The van der Waals surface area contributed by atoms with E-state index in [1.807, 2.05) is 12.1 Å². The number of ether oxygens (including phenoxy) is 2. The summed E-state index contributed by atoms with van der Waals surface area (Å²) in [5.74, 6) is 0.186. The van der Waals surface area contributed by atoms with Gasteiger partial charge in [-0.1, -0.05) is 94.4 Å². The number of rotatable bonds is 7. The molecule has 0 spiro atoms. The van der Waals surface area contributed by atoms with Crippen molar-refractivity contribution < 1.29 is 14.6 Å². The molecule has 3 aromatic rings. The van der Waals surface area contributed by atoms with Crippen LogP contribution in [0, 0.1) is 16.7 Å². The number of fused-ring (bicyclic) bond motifs is 2. The van der Waals surface area contributed by atoms with E-state index in [4.69, 9.17) is 15.2 Å². The molecular formula is C36H46N2O3. The van der Waals surface area contributed by atoms with Crippen molar-refractivity contribution in [2.75, 3.05) is 13.1 Å². The van der Waals surface area contributed by atoms with E-state index in [9.17, 15) is 5.11 Å². The van der Waals surface area contributed by atoms with Crippen molar-refractivity contribution in [2.45, 2.75) is 84.6 Å². The molecule has 218 valence electrons. The minimum absolute atomic E-state index is 0.0434. The topological polar surface area (TPSA) is 68.0 Å². The quantitative estimate of drug-likeness (QED) is 0.329. The fraction of sp³-hybridized carbons (Fsp3) is 0.500. The van der Waals surface area contributed by atoms with E-state index in [-0.39, 0.29) is 24.7 Å². The first-order valence-electron chi connectivity index (χ1n) is 15.3. The van der Waals surface area contributed by atoms with Crippen LogP contribution < -0.4 is 5.73 Å². The number of aliphatic hydroxyl groups excluding tert-OH is 1. The van der Waals surface area contributed by atoms with Gasteiger partial charge in [0.1, 0.15) is 0 Å². The standard InChI is InChI=1S/C36H46N2O3/c1-24-32(20-38-23-36(4)18-31(38)17-35(2,3)22-36)40-34(41-33(24)28-10-8-25(21-39)9-11-28)29-14-12-27(13-15-29)30-7-5-6-26(16-30)19-37/h5-16,24,31-34,39H,17-23,37H2,1-4H3/t24-,31?,32+,33+,34+,36?/m1/s1. The van der Waals surface area contributed by atoms with Crippen LogP contribution in [0.5, 0.6) is 0 Å². The molecule has 0 radical (unpaired) electrons. The van der Waals surface area contributed by atoms with E-state index in [0.29, 0.717) is 23.4 Å². The SMILES string of the molecule is C[C@@H]1[C@H](CN2CC3(C)CC2CC(C)(C)C3)O[C@H](c2ccc(-c3cccc(CN)c3)cc2)O[C@@H]1c1ccc(CO)cc1. The zero-order chi connectivity index (χ0) is 28.8. The Labute approximate surface area is 245 Å². The van der Waals surface area contributed by atoms with Gasteiger partial charge < -0.3 is 20.3 Å². The maximum Gasteiger partial charge on any atom is 0.184 e. The average Bonchev–Trinajstić information content (AvgIpc) is 3.21. The van der Waals surface area contributed by atoms with Crippen LogP contribution >= 0.6 is 0 Å². The van der Waals surface area contributed by atoms with Gasteiger partial charge in [-0.15, -0.1) is 0 Å². The summed E-state index contributed by atoms with van der Waals surface area (Å²) < 4.78 is 13.6. The molecule has 3 aromatic carbocycles. The first kappa shape index (κ1) is 28.6. The van der Waals surface area contributed by atoms with Crippen LogP contribution in [0.1, 0.15) is 81.6 Å². The molecule has 2 aliphatic heterocycles. The zero-order valence-corrected chi connectivity index (χ0v) is 25.1. The van der Waals surface area contributed by atoms with E-state index in [1.165, 1.54) is 19.3 Å². The smallest absolute Gasteiger partial charge is 0.184 e. The monoisotopic (exact) mass is 554 g/mol. The van der Waals surface area contributed by atoms with Gasteiger partial charge in [0.25, 0.3) is 0 Å². The number of hydrogen-bond donors (Lipinski definition) is 2. The predicted octanol–water partition coefficient (Wildman–Crippen LogP) is 7.00. The Balaban J connectivity index is 1.27. The zero-order valence-electron chi connectivity index (χ0n) is 25.1. The van der Waals surface area contributed by atoms with Gasteiger partial charge in [0.2, 0.25) is 0 Å². The number of likely N-dealkylation sites (tertiary alicyclic amines) is 1. The van der Waals surface area contributed by atoms with Crippen LogP contribution in [0.15, 0.2) is 72.8 Å². The average molecular weight is 555 g/mol. The molecule has 5 heteroatoms. The van der Waals surface area contributed by atoms with Crippen LogP contribution in [-0.4, -0.2) is 35.2 Å². The fourth-order valence-corrected chi connectivity index (χ4v) is 8.06. The van der Waals surface area contributed by atoms with E-state index in [0.717, 1.165) is 46.5 Å². The minimum Gasteiger partial charge on any atom is -0.392 e. The summed E-state index contributed by atoms with van der Waals surface area (Å²) in [7, 11) is 0. The molecule has 2 bridgehead atoms. The Morgan fingerprint density at radius 3 is 2.32 bits per heavy atom. The van der Waals surface area contributed by atoms with Crippen molar-refractivity contribution in [3.8, 4) is 11.1 Å². The molecule has 2 unspecified atom stereocenters. The second-order valence-corrected chi connectivity index (χ2v) is 14.0. The summed E-state index contributed by atoms with van der Waals surface area (Å²) in [5.41, 5.74) is 13.2. The lowest BCUT2D eigenvalue weighted by molar-refractivity contribution is -0.276. The van der Waals surface area contributed by atoms with Gasteiger partial charge >= 0.3 is 0 Å². The van der Waals surface area contributed by atoms with Gasteiger partial charge in [0.15, 0.2) is 6.29 Å². The Morgan fingerprint density at radius 2 is 1.61 bits per heavy atom. The van der Waals surface area contributed by atoms with Gasteiger partial charge in [-0.2, -0.15) is 0 Å². The van der Waals surface area contributed by atoms with E-state index < -0.39 is 6.29 Å². The summed E-state index contributed by atoms with van der Waals surface area (Å²) in [6.45, 7) is 12.3. The summed E-state index contributed by atoms with van der Waals surface area (Å²) >= 11 is 0. The van der Waals surface area contributed by atoms with Gasteiger partial charge in [-0.05, 0) is 64.0 Å². The highest BCUT2D eigenvalue weighted by molar-refractivity contribution is 5.64. The van der Waals surface area contributed by atoms with Gasteiger partial charge in [-0.25, -0.2) is 0 Å². The van der Waals surface area contributed by atoms with Crippen LogP contribution in [0.4, 0.5) is 0 Å². The summed E-state index contributed by atoms with van der Waals surface area (Å²) in [6.07, 6.45) is 3.33. The fourth-order valence-electron chi connectivity index (χ4n) is 8.06. The maximum atomic E-state index is 9.59. The Morgan fingerprint density at radius 1 is 0.878 bits per heavy atom. The van der Waals surface area contributed by atoms with Crippen molar-refractivity contribution in [3.05, 3.63) is 95.1 Å². The largest absolute Gasteiger partial charge is 0.392 e. The third kappa shape index (κ3) is 6.02. The third-order valence-electron chi connectivity index (χ3n) is 9.74. The molecule has 0 amide bonds. The molecule has 0 aromatic heterocycles. The van der Waals surface area contributed by atoms with Gasteiger partial charge in [0.05, 0.1) is 18.8 Å². The highest BCUT2D eigenvalue weighted by Gasteiger charge is 2.51.